The summed E-state index contributed by atoms with van der Waals surface area (Å²) in [7, 11) is 1.56. The number of carbonyl (C=O) groups excluding carboxylic acids is 1. The van der Waals surface area contributed by atoms with Crippen molar-refractivity contribution in [1.29, 1.82) is 0 Å². The zero-order chi connectivity index (χ0) is 20.6. The number of aromatic nitrogens is 2. The number of carboxylic acid groups (broad SMARTS) is 1. The first kappa shape index (κ1) is 20.6. The minimum atomic E-state index is -0.971. The molecule has 29 heavy (non-hydrogen) atoms. The molecule has 1 aliphatic rings. The van der Waals surface area contributed by atoms with E-state index in [1.165, 1.54) is 0 Å². The Labute approximate surface area is 169 Å². The van der Waals surface area contributed by atoms with Gasteiger partial charge < -0.3 is 20.5 Å². The van der Waals surface area contributed by atoms with Crippen LogP contribution in [0.4, 0.5) is 4.79 Å². The van der Waals surface area contributed by atoms with Gasteiger partial charge in [0.2, 0.25) is 5.88 Å². The first-order valence-electron chi connectivity index (χ1n) is 9.76. The van der Waals surface area contributed by atoms with E-state index in [-0.39, 0.29) is 5.91 Å². The Morgan fingerprint density at radius 2 is 1.76 bits per heavy atom. The largest absolute Gasteiger partial charge is 0.481 e. The molecule has 1 fully saturated rings. The fraction of sp³-hybridized carbons (Fsp3) is 0.429. The van der Waals surface area contributed by atoms with E-state index in [4.69, 9.17) is 9.84 Å². The molecule has 3 rings (SSSR count). The fourth-order valence-corrected chi connectivity index (χ4v) is 3.59. The number of rotatable bonds is 7. The van der Waals surface area contributed by atoms with Crippen LogP contribution in [0.5, 0.6) is 5.88 Å². The number of carbonyl (C=O) groups is 2. The maximum atomic E-state index is 12.6. The van der Waals surface area contributed by atoms with Gasteiger partial charge in [-0.3, -0.25) is 9.78 Å². The molecule has 154 valence electrons. The maximum Gasteiger partial charge on any atom is 0.404 e. The van der Waals surface area contributed by atoms with E-state index in [0.29, 0.717) is 42.1 Å². The third-order valence-corrected chi connectivity index (χ3v) is 5.32. The molecular formula is C21H26N4O4. The normalized spacial score (nSPS) is 18.7. The van der Waals surface area contributed by atoms with E-state index < -0.39 is 6.09 Å². The van der Waals surface area contributed by atoms with E-state index in [1.54, 1.807) is 37.7 Å². The third kappa shape index (κ3) is 5.91. The first-order valence-corrected chi connectivity index (χ1v) is 9.76. The Kier molecular flexibility index (Phi) is 6.99. The summed E-state index contributed by atoms with van der Waals surface area (Å²) in [6.45, 7) is 1.13. The molecule has 0 spiro atoms. The lowest BCUT2D eigenvalue weighted by Gasteiger charge is -2.28. The quantitative estimate of drug-likeness (QED) is 0.661. The standard InChI is InChI=1S/C21H26N4O4/c1-29-19-7-6-17(13-23-19)18-10-16(8-9-22-18)20(26)24-11-14-2-4-15(5-3-14)12-25-21(27)28/h6-10,13-15,25H,2-5,11-12H2,1H3,(H,24,26)(H,27,28)/t14-,15-. The zero-order valence-electron chi connectivity index (χ0n) is 16.4. The van der Waals surface area contributed by atoms with E-state index >= 15 is 0 Å². The lowest BCUT2D eigenvalue weighted by atomic mass is 9.82. The third-order valence-electron chi connectivity index (χ3n) is 5.32. The van der Waals surface area contributed by atoms with Crippen LogP contribution in [-0.2, 0) is 0 Å². The van der Waals surface area contributed by atoms with Gasteiger partial charge in [0.1, 0.15) is 0 Å². The number of pyridine rings is 2. The number of hydrogen-bond donors (Lipinski definition) is 3. The highest BCUT2D eigenvalue weighted by atomic mass is 16.5. The monoisotopic (exact) mass is 398 g/mol. The van der Waals surface area contributed by atoms with Crippen LogP contribution in [0.25, 0.3) is 11.3 Å². The van der Waals surface area contributed by atoms with Crippen LogP contribution in [0.2, 0.25) is 0 Å². The fourth-order valence-electron chi connectivity index (χ4n) is 3.59. The summed E-state index contributed by atoms with van der Waals surface area (Å²) in [5.74, 6) is 1.21. The second-order valence-corrected chi connectivity index (χ2v) is 7.30. The van der Waals surface area contributed by atoms with Crippen molar-refractivity contribution in [2.75, 3.05) is 20.2 Å². The highest BCUT2D eigenvalue weighted by molar-refractivity contribution is 5.95. The topological polar surface area (TPSA) is 113 Å². The van der Waals surface area contributed by atoms with Gasteiger partial charge in [-0.05, 0) is 55.7 Å². The summed E-state index contributed by atoms with van der Waals surface area (Å²) in [5, 5.41) is 14.2. The van der Waals surface area contributed by atoms with Crippen LogP contribution in [0.3, 0.4) is 0 Å². The average molecular weight is 398 g/mol. The molecular weight excluding hydrogens is 372 g/mol. The van der Waals surface area contributed by atoms with Crippen LogP contribution < -0.4 is 15.4 Å². The minimum Gasteiger partial charge on any atom is -0.481 e. The van der Waals surface area contributed by atoms with E-state index in [1.807, 2.05) is 6.07 Å². The Bertz CT molecular complexity index is 833. The summed E-state index contributed by atoms with van der Waals surface area (Å²) in [4.78, 5) is 31.7. The van der Waals surface area contributed by atoms with Gasteiger partial charge in [0.05, 0.1) is 12.8 Å². The van der Waals surface area contributed by atoms with Gasteiger partial charge in [-0.25, -0.2) is 9.78 Å². The molecule has 2 aromatic rings. The lowest BCUT2D eigenvalue weighted by molar-refractivity contribution is 0.0940. The molecule has 2 heterocycles. The predicted molar refractivity (Wildman–Crippen MR) is 108 cm³/mol. The zero-order valence-corrected chi connectivity index (χ0v) is 16.4. The summed E-state index contributed by atoms with van der Waals surface area (Å²) >= 11 is 0. The van der Waals surface area contributed by atoms with E-state index in [2.05, 4.69) is 20.6 Å². The molecule has 0 saturated heterocycles. The summed E-state index contributed by atoms with van der Waals surface area (Å²) in [6, 6.07) is 7.07. The maximum absolute atomic E-state index is 12.6. The molecule has 0 unspecified atom stereocenters. The molecule has 8 heteroatoms. The predicted octanol–water partition coefficient (Wildman–Crippen LogP) is 2.96. The number of nitrogens with one attached hydrogen (secondary N) is 2. The second-order valence-electron chi connectivity index (χ2n) is 7.30. The van der Waals surface area contributed by atoms with Crippen LogP contribution in [0.1, 0.15) is 36.0 Å². The summed E-state index contributed by atoms with van der Waals surface area (Å²) in [6.07, 6.45) is 6.25. The van der Waals surface area contributed by atoms with Crippen molar-refractivity contribution < 1.29 is 19.4 Å². The summed E-state index contributed by atoms with van der Waals surface area (Å²) < 4.78 is 5.06. The minimum absolute atomic E-state index is 0.121. The van der Waals surface area contributed by atoms with E-state index in [0.717, 1.165) is 31.2 Å². The van der Waals surface area contributed by atoms with Crippen LogP contribution in [-0.4, -0.2) is 47.3 Å². The Hall–Kier alpha value is -3.16. The van der Waals surface area contributed by atoms with Gasteiger partial charge in [-0.15, -0.1) is 0 Å². The lowest BCUT2D eigenvalue weighted by Crippen LogP contribution is -2.34. The Balaban J connectivity index is 1.50. The van der Waals surface area contributed by atoms with Crippen LogP contribution in [0, 0.1) is 11.8 Å². The molecule has 0 bridgehead atoms. The summed E-state index contributed by atoms with van der Waals surface area (Å²) in [5.41, 5.74) is 2.05. The molecule has 0 atom stereocenters. The first-order chi connectivity index (χ1) is 14.0. The smallest absolute Gasteiger partial charge is 0.404 e. The number of nitrogens with zero attached hydrogens (tertiary/aromatic N) is 2. The molecule has 8 nitrogen and oxygen atoms in total. The second kappa shape index (κ2) is 9.86. The molecule has 0 aliphatic heterocycles. The van der Waals surface area contributed by atoms with Crippen molar-refractivity contribution in [2.24, 2.45) is 11.8 Å². The van der Waals surface area contributed by atoms with Gasteiger partial charge in [0.15, 0.2) is 0 Å². The van der Waals surface area contributed by atoms with Gasteiger partial charge in [-0.1, -0.05) is 0 Å². The van der Waals surface area contributed by atoms with E-state index in [9.17, 15) is 9.59 Å². The number of methoxy groups -OCH3 is 1. The van der Waals surface area contributed by atoms with Gasteiger partial charge >= 0.3 is 6.09 Å². The number of hydrogen-bond acceptors (Lipinski definition) is 5. The van der Waals surface area contributed by atoms with Gasteiger partial charge in [0.25, 0.3) is 5.91 Å². The molecule has 0 aromatic carbocycles. The van der Waals surface area contributed by atoms with Gasteiger partial charge in [0, 0.05) is 42.7 Å². The highest BCUT2D eigenvalue weighted by Crippen LogP contribution is 2.28. The van der Waals surface area contributed by atoms with Crippen LogP contribution in [0.15, 0.2) is 36.7 Å². The van der Waals surface area contributed by atoms with Crippen molar-refractivity contribution in [3.8, 4) is 17.1 Å². The molecule has 0 radical (unpaired) electrons. The van der Waals surface area contributed by atoms with Crippen molar-refractivity contribution in [3.63, 3.8) is 0 Å². The number of ether oxygens (including phenoxy) is 1. The molecule has 2 aromatic heterocycles. The van der Waals surface area contributed by atoms with Crippen molar-refractivity contribution in [3.05, 3.63) is 42.2 Å². The van der Waals surface area contributed by atoms with Crippen LogP contribution >= 0.6 is 0 Å². The van der Waals surface area contributed by atoms with Crippen molar-refractivity contribution >= 4 is 12.0 Å². The van der Waals surface area contributed by atoms with Crippen molar-refractivity contribution in [1.82, 2.24) is 20.6 Å². The molecule has 1 aliphatic carbocycles. The highest BCUT2D eigenvalue weighted by Gasteiger charge is 2.22. The van der Waals surface area contributed by atoms with Crippen molar-refractivity contribution in [2.45, 2.75) is 25.7 Å². The van der Waals surface area contributed by atoms with Gasteiger partial charge in [-0.2, -0.15) is 0 Å². The SMILES string of the molecule is COc1ccc(-c2cc(C(=O)NC[C@H]3CC[C@H](CNC(=O)O)CC3)ccn2)cn1. The molecule has 1 saturated carbocycles. The molecule has 3 N–H and O–H groups in total. The average Bonchev–Trinajstić information content (AvgIpc) is 2.77. The Morgan fingerprint density at radius 3 is 2.34 bits per heavy atom. The molecule has 2 amide bonds. The number of amides is 2. The Morgan fingerprint density at radius 1 is 1.07 bits per heavy atom.